The van der Waals surface area contributed by atoms with Gasteiger partial charge in [-0.3, -0.25) is 4.79 Å². The summed E-state index contributed by atoms with van der Waals surface area (Å²) in [5.41, 5.74) is 0.572. The Labute approximate surface area is 153 Å². The Kier molecular flexibility index (Phi) is 4.77. The SMILES string of the molecule is O=C1NC(=Nc2ccc(F)cc2)SC1=Cc1ccc(N2CCOCC2)o1. The van der Waals surface area contributed by atoms with Gasteiger partial charge in [-0.25, -0.2) is 9.38 Å². The molecular formula is C18H16FN3O3S. The first kappa shape index (κ1) is 16.9. The molecule has 0 spiro atoms. The predicted molar refractivity (Wildman–Crippen MR) is 98.9 cm³/mol. The zero-order valence-electron chi connectivity index (χ0n) is 13.8. The predicted octanol–water partition coefficient (Wildman–Crippen LogP) is 3.15. The highest BCUT2D eigenvalue weighted by molar-refractivity contribution is 8.18. The van der Waals surface area contributed by atoms with Crippen LogP contribution in [0, 0.1) is 5.82 Å². The highest BCUT2D eigenvalue weighted by atomic mass is 32.2. The van der Waals surface area contributed by atoms with E-state index in [1.165, 1.54) is 23.9 Å². The summed E-state index contributed by atoms with van der Waals surface area (Å²) in [6.07, 6.45) is 1.69. The van der Waals surface area contributed by atoms with Crippen molar-refractivity contribution in [2.75, 3.05) is 31.2 Å². The van der Waals surface area contributed by atoms with E-state index in [-0.39, 0.29) is 11.7 Å². The molecule has 0 atom stereocenters. The topological polar surface area (TPSA) is 67.1 Å². The lowest BCUT2D eigenvalue weighted by Gasteiger charge is -2.26. The minimum absolute atomic E-state index is 0.236. The van der Waals surface area contributed by atoms with Crippen LogP contribution in [0.5, 0.6) is 0 Å². The number of rotatable bonds is 3. The molecule has 1 aromatic heterocycles. The molecule has 0 saturated carbocycles. The van der Waals surface area contributed by atoms with Gasteiger partial charge in [-0.05, 0) is 42.1 Å². The quantitative estimate of drug-likeness (QED) is 0.838. The maximum atomic E-state index is 12.9. The number of anilines is 1. The molecule has 2 aromatic rings. The van der Waals surface area contributed by atoms with E-state index >= 15 is 0 Å². The minimum atomic E-state index is -0.327. The van der Waals surface area contributed by atoms with E-state index < -0.39 is 0 Å². The summed E-state index contributed by atoms with van der Waals surface area (Å²) in [5, 5.41) is 3.15. The number of ether oxygens (including phenoxy) is 1. The third-order valence-electron chi connectivity index (χ3n) is 3.92. The fourth-order valence-electron chi connectivity index (χ4n) is 2.62. The van der Waals surface area contributed by atoms with Crippen LogP contribution in [-0.2, 0) is 9.53 Å². The fraction of sp³-hybridized carbons (Fsp3) is 0.222. The lowest BCUT2D eigenvalue weighted by Crippen LogP contribution is -2.35. The van der Waals surface area contributed by atoms with E-state index in [4.69, 9.17) is 9.15 Å². The molecule has 0 bridgehead atoms. The second-order valence-corrected chi connectivity index (χ2v) is 6.76. The maximum absolute atomic E-state index is 12.9. The van der Waals surface area contributed by atoms with E-state index in [1.807, 2.05) is 12.1 Å². The van der Waals surface area contributed by atoms with Crippen molar-refractivity contribution < 1.29 is 18.3 Å². The molecule has 4 rings (SSSR count). The Hall–Kier alpha value is -2.58. The van der Waals surface area contributed by atoms with E-state index in [0.717, 1.165) is 19.0 Å². The molecular weight excluding hydrogens is 357 g/mol. The van der Waals surface area contributed by atoms with Crippen LogP contribution in [0.4, 0.5) is 16.0 Å². The number of nitrogens with one attached hydrogen (secondary N) is 1. The van der Waals surface area contributed by atoms with Gasteiger partial charge in [0, 0.05) is 25.2 Å². The van der Waals surface area contributed by atoms with Crippen LogP contribution in [0.1, 0.15) is 5.76 Å². The number of amides is 1. The number of thioether (sulfide) groups is 1. The molecule has 6 nitrogen and oxygen atoms in total. The van der Waals surface area contributed by atoms with Crippen molar-refractivity contribution in [3.63, 3.8) is 0 Å². The summed E-state index contributed by atoms with van der Waals surface area (Å²) in [6, 6.07) is 9.49. The molecule has 2 aliphatic heterocycles. The lowest BCUT2D eigenvalue weighted by molar-refractivity contribution is -0.115. The number of morpholine rings is 1. The molecule has 8 heteroatoms. The van der Waals surface area contributed by atoms with Crippen molar-refractivity contribution in [3.8, 4) is 0 Å². The first-order chi connectivity index (χ1) is 12.7. The molecule has 0 radical (unpaired) electrons. The van der Waals surface area contributed by atoms with Crippen molar-refractivity contribution in [2.24, 2.45) is 4.99 Å². The van der Waals surface area contributed by atoms with Gasteiger partial charge in [0.2, 0.25) is 0 Å². The summed E-state index contributed by atoms with van der Waals surface area (Å²) in [4.78, 5) is 19.0. The number of halogens is 1. The maximum Gasteiger partial charge on any atom is 0.264 e. The second kappa shape index (κ2) is 7.35. The number of amidine groups is 1. The van der Waals surface area contributed by atoms with Crippen LogP contribution in [0.2, 0.25) is 0 Å². The molecule has 0 unspecified atom stereocenters. The van der Waals surface area contributed by atoms with Gasteiger partial charge in [-0.1, -0.05) is 0 Å². The summed E-state index contributed by atoms with van der Waals surface area (Å²) >= 11 is 1.22. The minimum Gasteiger partial charge on any atom is -0.441 e. The average Bonchev–Trinajstić information content (AvgIpc) is 3.25. The Morgan fingerprint density at radius 1 is 1.15 bits per heavy atom. The van der Waals surface area contributed by atoms with Crippen LogP contribution in [0.15, 0.2) is 50.7 Å². The van der Waals surface area contributed by atoms with Gasteiger partial charge in [-0.15, -0.1) is 0 Å². The first-order valence-corrected chi connectivity index (χ1v) is 8.97. The van der Waals surface area contributed by atoms with Crippen molar-refractivity contribution in [1.82, 2.24) is 5.32 Å². The van der Waals surface area contributed by atoms with E-state index in [9.17, 15) is 9.18 Å². The molecule has 0 aliphatic carbocycles. The van der Waals surface area contributed by atoms with Crippen LogP contribution in [0.25, 0.3) is 6.08 Å². The average molecular weight is 373 g/mol. The van der Waals surface area contributed by atoms with Crippen LogP contribution >= 0.6 is 11.8 Å². The summed E-state index contributed by atoms with van der Waals surface area (Å²) in [7, 11) is 0. The standard InChI is InChI=1S/C18H16FN3O3S/c19-12-1-3-13(4-2-12)20-18-21-17(23)15(26-18)11-14-5-6-16(25-14)22-7-9-24-10-8-22/h1-6,11H,7-10H2,(H,20,21,23). The number of benzene rings is 1. The Morgan fingerprint density at radius 2 is 1.92 bits per heavy atom. The first-order valence-electron chi connectivity index (χ1n) is 8.15. The highest BCUT2D eigenvalue weighted by Crippen LogP contribution is 2.29. The van der Waals surface area contributed by atoms with Crippen molar-refractivity contribution >= 4 is 40.5 Å². The normalized spacial score (nSPS) is 20.8. The van der Waals surface area contributed by atoms with Crippen molar-refractivity contribution in [1.29, 1.82) is 0 Å². The number of hydrogen-bond acceptors (Lipinski definition) is 6. The fourth-order valence-corrected chi connectivity index (χ4v) is 3.44. The van der Waals surface area contributed by atoms with Gasteiger partial charge in [0.15, 0.2) is 11.1 Å². The number of carbonyl (C=O) groups is 1. The molecule has 2 aliphatic rings. The van der Waals surface area contributed by atoms with Crippen LogP contribution < -0.4 is 10.2 Å². The Morgan fingerprint density at radius 3 is 2.69 bits per heavy atom. The van der Waals surface area contributed by atoms with Gasteiger partial charge in [0.05, 0.1) is 23.8 Å². The van der Waals surface area contributed by atoms with E-state index in [0.29, 0.717) is 34.7 Å². The molecule has 2 saturated heterocycles. The van der Waals surface area contributed by atoms with Gasteiger partial charge in [0.25, 0.3) is 5.91 Å². The van der Waals surface area contributed by atoms with Gasteiger partial charge in [-0.2, -0.15) is 0 Å². The molecule has 26 heavy (non-hydrogen) atoms. The Bertz CT molecular complexity index is 870. The molecule has 1 N–H and O–H groups in total. The molecule has 3 heterocycles. The summed E-state index contributed by atoms with van der Waals surface area (Å²) < 4.78 is 24.1. The largest absolute Gasteiger partial charge is 0.441 e. The summed E-state index contributed by atoms with van der Waals surface area (Å²) in [6.45, 7) is 2.93. The lowest BCUT2D eigenvalue weighted by atomic mass is 10.3. The zero-order valence-corrected chi connectivity index (χ0v) is 14.6. The zero-order chi connectivity index (χ0) is 17.9. The highest BCUT2D eigenvalue weighted by Gasteiger charge is 2.24. The number of nitrogens with zero attached hydrogens (tertiary/aromatic N) is 2. The number of furan rings is 1. The van der Waals surface area contributed by atoms with E-state index in [1.54, 1.807) is 18.2 Å². The number of hydrogen-bond donors (Lipinski definition) is 1. The van der Waals surface area contributed by atoms with Gasteiger partial charge >= 0.3 is 0 Å². The third-order valence-corrected chi connectivity index (χ3v) is 4.83. The van der Waals surface area contributed by atoms with Gasteiger partial charge < -0.3 is 19.4 Å². The molecule has 1 amide bonds. The molecule has 134 valence electrons. The van der Waals surface area contributed by atoms with Crippen molar-refractivity contribution in [2.45, 2.75) is 0 Å². The van der Waals surface area contributed by atoms with Crippen molar-refractivity contribution in [3.05, 3.63) is 52.9 Å². The van der Waals surface area contributed by atoms with Crippen LogP contribution in [0.3, 0.4) is 0 Å². The summed E-state index contributed by atoms with van der Waals surface area (Å²) in [5.74, 6) is 0.808. The molecule has 2 fully saturated rings. The monoisotopic (exact) mass is 373 g/mol. The number of carbonyl (C=O) groups excluding carboxylic acids is 1. The number of aliphatic imine (C=N–C) groups is 1. The second-order valence-electron chi connectivity index (χ2n) is 5.73. The Balaban J connectivity index is 1.48. The smallest absolute Gasteiger partial charge is 0.264 e. The van der Waals surface area contributed by atoms with E-state index in [2.05, 4.69) is 15.2 Å². The third kappa shape index (κ3) is 3.81. The molecule has 1 aromatic carbocycles. The van der Waals surface area contributed by atoms with Gasteiger partial charge in [0.1, 0.15) is 11.6 Å². The van der Waals surface area contributed by atoms with Crippen LogP contribution in [-0.4, -0.2) is 37.4 Å².